The highest BCUT2D eigenvalue weighted by Crippen LogP contribution is 2.14. The van der Waals surface area contributed by atoms with Crippen molar-refractivity contribution in [2.24, 2.45) is 0 Å². The lowest BCUT2D eigenvalue weighted by molar-refractivity contribution is -0.129. The van der Waals surface area contributed by atoms with Crippen LogP contribution in [0.15, 0.2) is 47.4 Å². The van der Waals surface area contributed by atoms with E-state index in [4.69, 9.17) is 11.6 Å². The Balaban J connectivity index is 1.99. The molecule has 0 aliphatic carbocycles. The minimum Gasteiger partial charge on any atom is -0.337 e. The van der Waals surface area contributed by atoms with E-state index in [1.807, 2.05) is 12.1 Å². The number of nitrogens with one attached hydrogen (secondary N) is 1. The number of benzene rings is 2. The topological polar surface area (TPSA) is 66.5 Å². The Morgan fingerprint density at radius 1 is 1.19 bits per heavy atom. The number of nitrogens with zero attached hydrogens (tertiary/aromatic N) is 1. The van der Waals surface area contributed by atoms with Crippen LogP contribution < -0.4 is 4.72 Å². The number of sulfonamides is 1. The molecule has 0 spiro atoms. The summed E-state index contributed by atoms with van der Waals surface area (Å²) in [4.78, 5) is 13.3. The third-order valence-corrected chi connectivity index (χ3v) is 5.56. The lowest BCUT2D eigenvalue weighted by Crippen LogP contribution is -2.37. The number of halogens is 2. The number of rotatable bonds is 7. The first kappa shape index (κ1) is 20.4. The molecule has 0 radical (unpaired) electrons. The van der Waals surface area contributed by atoms with E-state index in [0.717, 1.165) is 11.6 Å². The molecule has 1 N–H and O–H groups in total. The molecule has 5 nitrogen and oxygen atoms in total. The van der Waals surface area contributed by atoms with Crippen LogP contribution in [-0.2, 0) is 21.4 Å². The van der Waals surface area contributed by atoms with E-state index in [9.17, 15) is 17.6 Å². The molecule has 0 fully saturated rings. The van der Waals surface area contributed by atoms with Gasteiger partial charge in [-0.2, -0.15) is 0 Å². The van der Waals surface area contributed by atoms with Crippen molar-refractivity contribution < 1.29 is 17.6 Å². The van der Waals surface area contributed by atoms with Crippen LogP contribution in [0.3, 0.4) is 0 Å². The predicted molar refractivity (Wildman–Crippen MR) is 98.9 cm³/mol. The molecule has 0 aliphatic heterocycles. The quantitative estimate of drug-likeness (QED) is 0.779. The Labute approximate surface area is 157 Å². The molecule has 1 amide bonds. The van der Waals surface area contributed by atoms with Gasteiger partial charge in [-0.15, -0.1) is 0 Å². The molecule has 0 atom stereocenters. The molecule has 0 aromatic heterocycles. The Kier molecular flexibility index (Phi) is 6.75. The minimum atomic E-state index is -3.77. The Bertz CT molecular complexity index is 886. The third-order valence-electron chi connectivity index (χ3n) is 3.85. The molecular formula is C18H20ClFN2O3S. The van der Waals surface area contributed by atoms with Gasteiger partial charge in [0.2, 0.25) is 15.9 Å². The monoisotopic (exact) mass is 398 g/mol. The van der Waals surface area contributed by atoms with Crippen molar-refractivity contribution >= 4 is 27.5 Å². The van der Waals surface area contributed by atoms with Crippen molar-refractivity contribution in [3.63, 3.8) is 0 Å². The molecule has 2 aromatic rings. The standard InChI is InChI=1S/C18H20ClFN2O3S/c1-13-11-17(7-8-18(13)20)26(24,25)21-9-10-22(14(2)23)12-15-3-5-16(19)6-4-15/h3-8,11,21H,9-10,12H2,1-2H3. The van der Waals surface area contributed by atoms with Gasteiger partial charge in [-0.25, -0.2) is 17.5 Å². The van der Waals surface area contributed by atoms with Gasteiger partial charge in [0, 0.05) is 31.6 Å². The summed E-state index contributed by atoms with van der Waals surface area (Å²) in [6.07, 6.45) is 0. The SMILES string of the molecule is CC(=O)N(CCNS(=O)(=O)c1ccc(F)c(C)c1)Cc1ccc(Cl)cc1. The normalized spacial score (nSPS) is 11.4. The molecule has 0 saturated carbocycles. The summed E-state index contributed by atoms with van der Waals surface area (Å²) in [5.74, 6) is -0.633. The molecule has 26 heavy (non-hydrogen) atoms. The van der Waals surface area contributed by atoms with Crippen LogP contribution in [0.1, 0.15) is 18.1 Å². The molecule has 2 rings (SSSR count). The van der Waals surface area contributed by atoms with E-state index in [1.165, 1.54) is 30.9 Å². The Morgan fingerprint density at radius 3 is 2.42 bits per heavy atom. The van der Waals surface area contributed by atoms with Crippen LogP contribution in [-0.4, -0.2) is 32.3 Å². The molecule has 2 aromatic carbocycles. The lowest BCUT2D eigenvalue weighted by atomic mass is 10.2. The van der Waals surface area contributed by atoms with Crippen molar-refractivity contribution in [3.05, 3.63) is 64.4 Å². The second kappa shape index (κ2) is 8.62. The van der Waals surface area contributed by atoms with Crippen molar-refractivity contribution in [1.29, 1.82) is 0 Å². The van der Waals surface area contributed by atoms with Crippen LogP contribution in [0.2, 0.25) is 5.02 Å². The van der Waals surface area contributed by atoms with Gasteiger partial charge in [-0.05, 0) is 48.4 Å². The van der Waals surface area contributed by atoms with Gasteiger partial charge in [-0.1, -0.05) is 23.7 Å². The number of carbonyl (C=O) groups is 1. The third kappa shape index (κ3) is 5.52. The van der Waals surface area contributed by atoms with Crippen LogP contribution in [0.4, 0.5) is 4.39 Å². The summed E-state index contributed by atoms with van der Waals surface area (Å²) in [6.45, 7) is 3.53. The molecule has 0 bridgehead atoms. The first-order chi connectivity index (χ1) is 12.2. The molecule has 0 unspecified atom stereocenters. The van der Waals surface area contributed by atoms with Crippen LogP contribution in [0.5, 0.6) is 0 Å². The fourth-order valence-electron chi connectivity index (χ4n) is 2.34. The fourth-order valence-corrected chi connectivity index (χ4v) is 3.57. The zero-order valence-electron chi connectivity index (χ0n) is 14.5. The van der Waals surface area contributed by atoms with Gasteiger partial charge in [0.25, 0.3) is 0 Å². The zero-order chi connectivity index (χ0) is 19.3. The van der Waals surface area contributed by atoms with Crippen LogP contribution in [0.25, 0.3) is 0 Å². The Morgan fingerprint density at radius 2 is 1.85 bits per heavy atom. The fraction of sp³-hybridized carbons (Fsp3) is 0.278. The molecule has 0 heterocycles. The second-order valence-corrected chi connectivity index (χ2v) is 8.08. The van der Waals surface area contributed by atoms with Crippen molar-refractivity contribution in [3.8, 4) is 0 Å². The molecule has 8 heteroatoms. The van der Waals surface area contributed by atoms with E-state index in [0.29, 0.717) is 11.6 Å². The molecule has 0 saturated heterocycles. The van der Waals surface area contributed by atoms with Crippen molar-refractivity contribution in [2.45, 2.75) is 25.3 Å². The zero-order valence-corrected chi connectivity index (χ0v) is 16.1. The molecule has 140 valence electrons. The highest BCUT2D eigenvalue weighted by atomic mass is 35.5. The molecular weight excluding hydrogens is 379 g/mol. The van der Waals surface area contributed by atoms with E-state index >= 15 is 0 Å². The largest absolute Gasteiger partial charge is 0.337 e. The van der Waals surface area contributed by atoms with Gasteiger partial charge in [0.15, 0.2) is 0 Å². The number of hydrogen-bond acceptors (Lipinski definition) is 3. The van der Waals surface area contributed by atoms with Crippen molar-refractivity contribution in [1.82, 2.24) is 9.62 Å². The maximum absolute atomic E-state index is 13.3. The number of hydrogen-bond donors (Lipinski definition) is 1. The summed E-state index contributed by atoms with van der Waals surface area (Å²) in [7, 11) is -3.77. The predicted octanol–water partition coefficient (Wildman–Crippen LogP) is 3.11. The first-order valence-corrected chi connectivity index (χ1v) is 9.81. The maximum Gasteiger partial charge on any atom is 0.240 e. The average molecular weight is 399 g/mol. The smallest absolute Gasteiger partial charge is 0.240 e. The average Bonchev–Trinajstić information content (AvgIpc) is 2.58. The summed E-state index contributed by atoms with van der Waals surface area (Å²) in [6, 6.07) is 10.7. The first-order valence-electron chi connectivity index (χ1n) is 7.95. The summed E-state index contributed by atoms with van der Waals surface area (Å²) < 4.78 is 40.3. The summed E-state index contributed by atoms with van der Waals surface area (Å²) in [5.41, 5.74) is 1.14. The van der Waals surface area contributed by atoms with Gasteiger partial charge < -0.3 is 4.90 Å². The maximum atomic E-state index is 13.3. The van der Waals surface area contributed by atoms with Gasteiger partial charge >= 0.3 is 0 Å². The highest BCUT2D eigenvalue weighted by molar-refractivity contribution is 7.89. The van der Waals surface area contributed by atoms with Gasteiger partial charge in [0.05, 0.1) is 4.90 Å². The number of carbonyl (C=O) groups excluding carboxylic acids is 1. The Hall–Kier alpha value is -1.96. The van der Waals surface area contributed by atoms with Crippen LogP contribution in [0, 0.1) is 12.7 Å². The van der Waals surface area contributed by atoms with E-state index in [1.54, 1.807) is 12.1 Å². The highest BCUT2D eigenvalue weighted by Gasteiger charge is 2.16. The summed E-state index contributed by atoms with van der Waals surface area (Å²) in [5, 5.41) is 0.602. The van der Waals surface area contributed by atoms with Gasteiger partial charge in [-0.3, -0.25) is 4.79 Å². The summed E-state index contributed by atoms with van der Waals surface area (Å²) >= 11 is 5.84. The van der Waals surface area contributed by atoms with E-state index in [-0.39, 0.29) is 29.5 Å². The number of aryl methyl sites for hydroxylation is 1. The number of amides is 1. The second-order valence-electron chi connectivity index (χ2n) is 5.88. The minimum absolute atomic E-state index is 0.0107. The van der Waals surface area contributed by atoms with Crippen LogP contribution >= 0.6 is 11.6 Å². The molecule has 0 aliphatic rings. The lowest BCUT2D eigenvalue weighted by Gasteiger charge is -2.21. The van der Waals surface area contributed by atoms with E-state index in [2.05, 4.69) is 4.72 Å². The van der Waals surface area contributed by atoms with Crippen molar-refractivity contribution in [2.75, 3.05) is 13.1 Å². The van der Waals surface area contributed by atoms with E-state index < -0.39 is 15.8 Å². The van der Waals surface area contributed by atoms with Gasteiger partial charge in [0.1, 0.15) is 5.82 Å².